The molecule has 0 radical (unpaired) electrons. The number of aromatic hydroxyl groups is 1. The minimum atomic E-state index is -0.118. The van der Waals surface area contributed by atoms with Gasteiger partial charge >= 0.3 is 0 Å². The smallest absolute Gasteiger partial charge is 0.197 e. The maximum Gasteiger partial charge on any atom is 0.197 e. The van der Waals surface area contributed by atoms with Gasteiger partial charge in [0.05, 0.1) is 5.39 Å². The van der Waals surface area contributed by atoms with Crippen LogP contribution in [0.2, 0.25) is 0 Å². The molecule has 2 rings (SSSR count). The number of rotatable bonds is 2. The fourth-order valence-corrected chi connectivity index (χ4v) is 1.41. The second kappa shape index (κ2) is 3.65. The topological polar surface area (TPSA) is 62.5 Å². The highest BCUT2D eigenvalue weighted by Crippen LogP contribution is 2.19. The lowest BCUT2D eigenvalue weighted by Gasteiger charge is -2.03. The molecule has 1 aromatic heterocycles. The van der Waals surface area contributed by atoms with Gasteiger partial charge in [0.1, 0.15) is 11.3 Å². The van der Waals surface area contributed by atoms with Gasteiger partial charge in [-0.15, -0.1) is 0 Å². The summed E-state index contributed by atoms with van der Waals surface area (Å²) in [6.45, 7) is 2.58. The molecule has 1 aromatic carbocycles. The third-order valence-corrected chi connectivity index (χ3v) is 2.06. The van der Waals surface area contributed by atoms with E-state index in [1.165, 1.54) is 18.2 Å². The minimum Gasteiger partial charge on any atom is -0.508 e. The fraction of sp³-hybridized carbons (Fsp3) is 0.182. The van der Waals surface area contributed by atoms with Crippen LogP contribution in [0.15, 0.2) is 33.5 Å². The summed E-state index contributed by atoms with van der Waals surface area (Å²) in [4.78, 5) is 11.6. The van der Waals surface area contributed by atoms with Gasteiger partial charge < -0.3 is 14.8 Å². The number of hydrogen-bond acceptors (Lipinski definition) is 4. The third-order valence-electron chi connectivity index (χ3n) is 2.06. The summed E-state index contributed by atoms with van der Waals surface area (Å²) in [5.41, 5.74) is 0.269. The predicted molar refractivity (Wildman–Crippen MR) is 58.3 cm³/mol. The van der Waals surface area contributed by atoms with Crippen molar-refractivity contribution in [3.63, 3.8) is 0 Å². The Bertz CT molecular complexity index is 545. The van der Waals surface area contributed by atoms with Gasteiger partial charge in [-0.25, -0.2) is 0 Å². The van der Waals surface area contributed by atoms with Gasteiger partial charge in [0.25, 0.3) is 0 Å². The van der Waals surface area contributed by atoms with E-state index in [-0.39, 0.29) is 11.2 Å². The zero-order valence-electron chi connectivity index (χ0n) is 8.28. The first-order chi connectivity index (χ1) is 7.20. The van der Waals surface area contributed by atoms with Crippen molar-refractivity contribution in [2.45, 2.75) is 6.92 Å². The first kappa shape index (κ1) is 9.58. The van der Waals surface area contributed by atoms with E-state index >= 15 is 0 Å². The highest BCUT2D eigenvalue weighted by molar-refractivity contribution is 5.78. The first-order valence-corrected chi connectivity index (χ1v) is 4.71. The molecule has 2 N–H and O–H groups in total. The maximum atomic E-state index is 11.6. The van der Waals surface area contributed by atoms with Crippen LogP contribution in [0.25, 0.3) is 11.0 Å². The molecule has 0 unspecified atom stereocenters. The monoisotopic (exact) mass is 205 g/mol. The Morgan fingerprint density at radius 2 is 2.20 bits per heavy atom. The number of anilines is 1. The van der Waals surface area contributed by atoms with Crippen LogP contribution in [0.3, 0.4) is 0 Å². The molecular weight excluding hydrogens is 194 g/mol. The van der Waals surface area contributed by atoms with Gasteiger partial charge in [-0.3, -0.25) is 4.79 Å². The molecule has 0 bridgehead atoms. The Balaban J connectivity index is 2.68. The summed E-state index contributed by atoms with van der Waals surface area (Å²) in [7, 11) is 0. The predicted octanol–water partition coefficient (Wildman–Crippen LogP) is 1.93. The lowest BCUT2D eigenvalue weighted by atomic mass is 10.2. The molecule has 0 spiro atoms. The molecule has 0 aliphatic heterocycles. The number of hydrogen-bond donors (Lipinski definition) is 2. The summed E-state index contributed by atoms with van der Waals surface area (Å²) in [5, 5.41) is 12.6. The van der Waals surface area contributed by atoms with Gasteiger partial charge in [0.2, 0.25) is 0 Å². The van der Waals surface area contributed by atoms with E-state index in [1.54, 1.807) is 6.07 Å². The summed E-state index contributed by atoms with van der Waals surface area (Å²) in [6, 6.07) is 5.85. The van der Waals surface area contributed by atoms with Gasteiger partial charge in [-0.2, -0.15) is 0 Å². The zero-order valence-corrected chi connectivity index (χ0v) is 8.28. The van der Waals surface area contributed by atoms with Crippen LogP contribution in [-0.4, -0.2) is 11.7 Å². The SMILES string of the molecule is CCNc1cc(=O)c2ccc(O)cc2o1. The van der Waals surface area contributed by atoms with Gasteiger partial charge in [0.15, 0.2) is 11.3 Å². The van der Waals surface area contributed by atoms with Crippen LogP contribution in [0.5, 0.6) is 5.75 Å². The summed E-state index contributed by atoms with van der Waals surface area (Å²) in [6.07, 6.45) is 0. The quantitative estimate of drug-likeness (QED) is 0.786. The highest BCUT2D eigenvalue weighted by Gasteiger charge is 2.04. The van der Waals surface area contributed by atoms with Crippen molar-refractivity contribution in [1.82, 2.24) is 0 Å². The van der Waals surface area contributed by atoms with E-state index in [0.29, 0.717) is 23.4 Å². The lowest BCUT2D eigenvalue weighted by Crippen LogP contribution is -2.04. The summed E-state index contributed by atoms with van der Waals surface area (Å²) >= 11 is 0. The Hall–Kier alpha value is -1.97. The highest BCUT2D eigenvalue weighted by atomic mass is 16.3. The zero-order chi connectivity index (χ0) is 10.8. The number of fused-ring (bicyclic) bond motifs is 1. The molecule has 0 saturated carbocycles. The third kappa shape index (κ3) is 1.79. The second-order valence-electron chi connectivity index (χ2n) is 3.19. The number of phenolic OH excluding ortho intramolecular Hbond substituents is 1. The Kier molecular flexibility index (Phi) is 2.33. The van der Waals surface area contributed by atoms with Crippen LogP contribution >= 0.6 is 0 Å². The van der Waals surface area contributed by atoms with E-state index in [9.17, 15) is 9.90 Å². The number of benzene rings is 1. The minimum absolute atomic E-state index is 0.0827. The van der Waals surface area contributed by atoms with E-state index in [4.69, 9.17) is 4.42 Å². The van der Waals surface area contributed by atoms with E-state index in [0.717, 1.165) is 0 Å². The van der Waals surface area contributed by atoms with E-state index in [1.807, 2.05) is 6.92 Å². The molecule has 4 heteroatoms. The fourth-order valence-electron chi connectivity index (χ4n) is 1.41. The average molecular weight is 205 g/mol. The van der Waals surface area contributed by atoms with Gasteiger partial charge in [0, 0.05) is 18.7 Å². The molecule has 0 aliphatic carbocycles. The van der Waals surface area contributed by atoms with Crippen molar-refractivity contribution in [3.8, 4) is 5.75 Å². The summed E-state index contributed by atoms with van der Waals surface area (Å²) in [5.74, 6) is 0.500. The molecular formula is C11H11NO3. The Morgan fingerprint density at radius 3 is 2.93 bits per heavy atom. The van der Waals surface area contributed by atoms with Crippen molar-refractivity contribution >= 4 is 16.9 Å². The van der Waals surface area contributed by atoms with Crippen LogP contribution < -0.4 is 10.7 Å². The molecule has 0 atom stereocenters. The van der Waals surface area contributed by atoms with E-state index in [2.05, 4.69) is 5.32 Å². The van der Waals surface area contributed by atoms with E-state index < -0.39 is 0 Å². The normalized spacial score (nSPS) is 10.5. The molecule has 78 valence electrons. The number of phenols is 1. The van der Waals surface area contributed by atoms with Crippen molar-refractivity contribution in [1.29, 1.82) is 0 Å². The molecule has 0 aliphatic rings. The molecule has 4 nitrogen and oxygen atoms in total. The second-order valence-corrected chi connectivity index (χ2v) is 3.19. The molecule has 0 amide bonds. The summed E-state index contributed by atoms with van der Waals surface area (Å²) < 4.78 is 5.39. The van der Waals surface area contributed by atoms with Crippen molar-refractivity contribution < 1.29 is 9.52 Å². The van der Waals surface area contributed by atoms with Crippen LogP contribution in [0.1, 0.15) is 6.92 Å². The van der Waals surface area contributed by atoms with Gasteiger partial charge in [-0.1, -0.05) is 0 Å². The van der Waals surface area contributed by atoms with Crippen LogP contribution in [-0.2, 0) is 0 Å². The lowest BCUT2D eigenvalue weighted by molar-refractivity contribution is 0.474. The Labute approximate surface area is 86.2 Å². The van der Waals surface area contributed by atoms with Crippen molar-refractivity contribution in [2.75, 3.05) is 11.9 Å². The maximum absolute atomic E-state index is 11.6. The largest absolute Gasteiger partial charge is 0.508 e. The molecule has 0 saturated heterocycles. The van der Waals surface area contributed by atoms with Crippen molar-refractivity contribution in [2.24, 2.45) is 0 Å². The Morgan fingerprint density at radius 1 is 1.40 bits per heavy atom. The molecule has 2 aromatic rings. The van der Waals surface area contributed by atoms with Crippen LogP contribution in [0, 0.1) is 0 Å². The average Bonchev–Trinajstić information content (AvgIpc) is 2.17. The van der Waals surface area contributed by atoms with Crippen LogP contribution in [0.4, 0.5) is 5.88 Å². The van der Waals surface area contributed by atoms with Crippen molar-refractivity contribution in [3.05, 3.63) is 34.5 Å². The van der Waals surface area contributed by atoms with Gasteiger partial charge in [-0.05, 0) is 19.1 Å². The molecule has 0 fully saturated rings. The standard InChI is InChI=1S/C11H11NO3/c1-2-12-11-6-9(14)8-4-3-7(13)5-10(8)15-11/h3-6,12-13H,2H2,1H3. The molecule has 15 heavy (non-hydrogen) atoms. The molecule has 1 heterocycles. The first-order valence-electron chi connectivity index (χ1n) is 4.71. The number of nitrogens with one attached hydrogen (secondary N) is 1.